The molecule has 0 fully saturated rings. The molecule has 1 unspecified atom stereocenters. The van der Waals surface area contributed by atoms with E-state index in [-0.39, 0.29) is 28.7 Å². The third-order valence-corrected chi connectivity index (χ3v) is 7.92. The maximum atomic E-state index is 13.8. The fourth-order valence-electron chi connectivity index (χ4n) is 3.91. The molecule has 3 rings (SSSR count). The lowest BCUT2D eigenvalue weighted by molar-refractivity contribution is -0.384. The average Bonchev–Trinajstić information content (AvgIpc) is 2.95. The number of nitro groups is 1. The molecule has 1 N–H and O–H groups in total. The predicted molar refractivity (Wildman–Crippen MR) is 148 cm³/mol. The van der Waals surface area contributed by atoms with Crippen molar-refractivity contribution in [3.8, 4) is 0 Å². The monoisotopic (exact) mass is 552 g/mol. The van der Waals surface area contributed by atoms with E-state index in [4.69, 9.17) is 0 Å². The van der Waals surface area contributed by atoms with Crippen LogP contribution in [-0.2, 0) is 26.2 Å². The predicted octanol–water partition coefficient (Wildman–Crippen LogP) is 4.12. The van der Waals surface area contributed by atoms with Gasteiger partial charge in [0, 0.05) is 25.2 Å². The number of anilines is 1. The third-order valence-electron chi connectivity index (χ3n) is 6.13. The van der Waals surface area contributed by atoms with Crippen LogP contribution in [0, 0.1) is 10.1 Å². The van der Waals surface area contributed by atoms with Crippen LogP contribution < -0.4 is 9.62 Å². The molecule has 0 saturated heterocycles. The Morgan fingerprint density at radius 2 is 1.62 bits per heavy atom. The van der Waals surface area contributed by atoms with Crippen LogP contribution in [0.3, 0.4) is 0 Å². The zero-order valence-electron chi connectivity index (χ0n) is 21.9. The molecule has 10 nitrogen and oxygen atoms in total. The van der Waals surface area contributed by atoms with Crippen molar-refractivity contribution in [2.75, 3.05) is 17.4 Å². The number of carbonyl (C=O) groups is 2. The van der Waals surface area contributed by atoms with Crippen LogP contribution >= 0.6 is 0 Å². The number of nitrogens with zero attached hydrogens (tertiary/aromatic N) is 3. The van der Waals surface area contributed by atoms with Crippen LogP contribution in [0.5, 0.6) is 0 Å². The van der Waals surface area contributed by atoms with Gasteiger partial charge < -0.3 is 10.2 Å². The molecule has 0 radical (unpaired) electrons. The average molecular weight is 553 g/mol. The lowest BCUT2D eigenvalue weighted by Gasteiger charge is -2.32. The fourth-order valence-corrected chi connectivity index (χ4v) is 5.34. The molecular formula is C28H32N4O6S. The smallest absolute Gasteiger partial charge is 0.271 e. The Bertz CT molecular complexity index is 1380. The number of hydrogen-bond donors (Lipinski definition) is 1. The Hall–Kier alpha value is -4.25. The minimum Gasteiger partial charge on any atom is -0.354 e. The fraction of sp³-hybridized carbons (Fsp3) is 0.286. The first-order chi connectivity index (χ1) is 18.6. The minimum absolute atomic E-state index is 0.0406. The highest BCUT2D eigenvalue weighted by atomic mass is 32.2. The van der Waals surface area contributed by atoms with Gasteiger partial charge in [-0.25, -0.2) is 8.42 Å². The van der Waals surface area contributed by atoms with Gasteiger partial charge in [-0.05, 0) is 37.1 Å². The molecule has 0 aliphatic rings. The first-order valence-electron chi connectivity index (χ1n) is 12.6. The van der Waals surface area contributed by atoms with E-state index in [1.165, 1.54) is 35.2 Å². The molecule has 0 spiro atoms. The minimum atomic E-state index is -4.30. The number of non-ortho nitro benzene ring substituents is 1. The van der Waals surface area contributed by atoms with Crippen LogP contribution in [0.15, 0.2) is 89.8 Å². The zero-order chi connectivity index (χ0) is 28.4. The van der Waals surface area contributed by atoms with E-state index in [1.807, 2.05) is 13.0 Å². The topological polar surface area (TPSA) is 130 Å². The van der Waals surface area contributed by atoms with Gasteiger partial charge in [-0.2, -0.15) is 0 Å². The van der Waals surface area contributed by atoms with E-state index >= 15 is 0 Å². The van der Waals surface area contributed by atoms with Crippen LogP contribution in [0.1, 0.15) is 32.3 Å². The Morgan fingerprint density at radius 3 is 2.23 bits per heavy atom. The molecule has 1 atom stereocenters. The molecule has 3 aromatic rings. The lowest BCUT2D eigenvalue weighted by Crippen LogP contribution is -2.51. The SMILES string of the molecule is CCCCNC(=O)C(C)N(Cc1ccccc1)C(=O)CN(c1cccc([N+](=O)[O-])c1)S(=O)(=O)c1ccccc1. The van der Waals surface area contributed by atoms with Gasteiger partial charge in [-0.15, -0.1) is 0 Å². The second-order valence-electron chi connectivity index (χ2n) is 8.93. The van der Waals surface area contributed by atoms with E-state index < -0.39 is 33.4 Å². The third kappa shape index (κ3) is 7.64. The quantitative estimate of drug-likeness (QED) is 0.193. The summed E-state index contributed by atoms with van der Waals surface area (Å²) in [5.74, 6) is -0.997. The van der Waals surface area contributed by atoms with Crippen LogP contribution in [-0.4, -0.2) is 49.2 Å². The second kappa shape index (κ2) is 13.5. The van der Waals surface area contributed by atoms with Crippen molar-refractivity contribution in [3.05, 3.63) is 101 Å². The number of carbonyl (C=O) groups excluding carboxylic acids is 2. The maximum absolute atomic E-state index is 13.8. The Kier molecular flexibility index (Phi) is 10.2. The number of unbranched alkanes of at least 4 members (excludes halogenated alkanes) is 1. The van der Waals surface area contributed by atoms with E-state index in [0.29, 0.717) is 6.54 Å². The molecule has 2 amide bonds. The van der Waals surface area contributed by atoms with Gasteiger partial charge in [-0.3, -0.25) is 24.0 Å². The second-order valence-corrected chi connectivity index (χ2v) is 10.8. The number of sulfonamides is 1. The molecular weight excluding hydrogens is 520 g/mol. The van der Waals surface area contributed by atoms with Crippen molar-refractivity contribution in [1.29, 1.82) is 0 Å². The molecule has 0 saturated carbocycles. The summed E-state index contributed by atoms with van der Waals surface area (Å²) in [5, 5.41) is 14.2. The summed E-state index contributed by atoms with van der Waals surface area (Å²) >= 11 is 0. The number of rotatable bonds is 13. The summed E-state index contributed by atoms with van der Waals surface area (Å²) in [7, 11) is -4.30. The summed E-state index contributed by atoms with van der Waals surface area (Å²) in [6.07, 6.45) is 1.66. The van der Waals surface area contributed by atoms with Crippen LogP contribution in [0.25, 0.3) is 0 Å². The largest absolute Gasteiger partial charge is 0.354 e. The van der Waals surface area contributed by atoms with Crippen LogP contribution in [0.4, 0.5) is 11.4 Å². The van der Waals surface area contributed by atoms with Crippen molar-refractivity contribution in [2.45, 2.75) is 44.2 Å². The Morgan fingerprint density at radius 1 is 0.974 bits per heavy atom. The molecule has 0 heterocycles. The van der Waals surface area contributed by atoms with Crippen molar-refractivity contribution in [1.82, 2.24) is 10.2 Å². The first kappa shape index (κ1) is 29.3. The molecule has 11 heteroatoms. The molecule has 3 aromatic carbocycles. The van der Waals surface area contributed by atoms with Crippen molar-refractivity contribution < 1.29 is 22.9 Å². The van der Waals surface area contributed by atoms with E-state index in [0.717, 1.165) is 28.8 Å². The lowest BCUT2D eigenvalue weighted by atomic mass is 10.1. The highest BCUT2D eigenvalue weighted by Gasteiger charge is 2.33. The van der Waals surface area contributed by atoms with Gasteiger partial charge in [0.05, 0.1) is 15.5 Å². The van der Waals surface area contributed by atoms with E-state index in [2.05, 4.69) is 5.32 Å². The summed E-state index contributed by atoms with van der Waals surface area (Å²) in [6, 6.07) is 20.8. The number of nitrogens with one attached hydrogen (secondary N) is 1. The number of hydrogen-bond acceptors (Lipinski definition) is 6. The van der Waals surface area contributed by atoms with Gasteiger partial charge in [-0.1, -0.05) is 67.9 Å². The van der Waals surface area contributed by atoms with Gasteiger partial charge in [0.2, 0.25) is 11.8 Å². The molecule has 0 aliphatic heterocycles. The normalized spacial score (nSPS) is 11.8. The summed E-state index contributed by atoms with van der Waals surface area (Å²) in [4.78, 5) is 38.8. The maximum Gasteiger partial charge on any atom is 0.271 e. The van der Waals surface area contributed by atoms with Crippen LogP contribution in [0.2, 0.25) is 0 Å². The Balaban J connectivity index is 2.02. The van der Waals surface area contributed by atoms with E-state index in [9.17, 15) is 28.1 Å². The summed E-state index contributed by atoms with van der Waals surface area (Å²) in [5.41, 5.74) is 0.394. The highest BCUT2D eigenvalue weighted by Crippen LogP contribution is 2.27. The first-order valence-corrected chi connectivity index (χ1v) is 14.0. The highest BCUT2D eigenvalue weighted by molar-refractivity contribution is 7.92. The molecule has 0 aliphatic carbocycles. The van der Waals surface area contributed by atoms with E-state index in [1.54, 1.807) is 49.4 Å². The Labute approximate surface area is 228 Å². The van der Waals surface area contributed by atoms with Gasteiger partial charge >= 0.3 is 0 Å². The standard InChI is InChI=1S/C28H32N4O6S/c1-3-4-18-29-28(34)22(2)30(20-23-12-7-5-8-13-23)27(33)21-31(24-14-11-15-25(19-24)32(35)36)39(37,38)26-16-9-6-10-17-26/h5-17,19,22H,3-4,18,20-21H2,1-2H3,(H,29,34). The van der Waals surface area contributed by atoms with Gasteiger partial charge in [0.25, 0.3) is 15.7 Å². The number of benzene rings is 3. The summed E-state index contributed by atoms with van der Waals surface area (Å²) < 4.78 is 28.3. The van der Waals surface area contributed by atoms with Crippen molar-refractivity contribution >= 4 is 33.2 Å². The molecule has 0 bridgehead atoms. The molecule has 0 aromatic heterocycles. The molecule has 206 valence electrons. The number of amides is 2. The summed E-state index contributed by atoms with van der Waals surface area (Å²) in [6.45, 7) is 3.44. The van der Waals surface area contributed by atoms with Crippen molar-refractivity contribution in [2.24, 2.45) is 0 Å². The van der Waals surface area contributed by atoms with Crippen molar-refractivity contribution in [3.63, 3.8) is 0 Å². The van der Waals surface area contributed by atoms with Gasteiger partial charge in [0.15, 0.2) is 0 Å². The van der Waals surface area contributed by atoms with Gasteiger partial charge in [0.1, 0.15) is 12.6 Å². The number of nitro benzene ring substituents is 1. The zero-order valence-corrected chi connectivity index (χ0v) is 22.7. The molecule has 39 heavy (non-hydrogen) atoms.